The van der Waals surface area contributed by atoms with Gasteiger partial charge in [0.15, 0.2) is 5.13 Å². The van der Waals surface area contributed by atoms with Crippen LogP contribution in [0, 0.1) is 16.7 Å². The second-order valence-electron chi connectivity index (χ2n) is 10.9. The third-order valence-corrected chi connectivity index (χ3v) is 9.01. The predicted octanol–water partition coefficient (Wildman–Crippen LogP) is 5.74. The van der Waals surface area contributed by atoms with Gasteiger partial charge in [0.25, 0.3) is 5.91 Å². The van der Waals surface area contributed by atoms with Gasteiger partial charge in [-0.05, 0) is 53.3 Å². The van der Waals surface area contributed by atoms with Crippen molar-refractivity contribution in [2.75, 3.05) is 19.4 Å². The number of hydrogen-bond donors (Lipinski definition) is 1. The van der Waals surface area contributed by atoms with Crippen LogP contribution in [0.15, 0.2) is 78.2 Å². The van der Waals surface area contributed by atoms with Crippen molar-refractivity contribution in [1.82, 2.24) is 9.88 Å². The lowest BCUT2D eigenvalue weighted by Crippen LogP contribution is -2.53. The normalized spacial score (nSPS) is 22.4. The molecule has 7 rings (SSSR count). The van der Waals surface area contributed by atoms with Crippen LogP contribution in [-0.4, -0.2) is 35.8 Å². The second kappa shape index (κ2) is 9.18. The molecular formula is C32H28N4O2S. The van der Waals surface area contributed by atoms with E-state index in [2.05, 4.69) is 23.5 Å². The topological polar surface area (TPSA) is 86.1 Å². The second-order valence-corrected chi connectivity index (χ2v) is 11.7. The average molecular weight is 533 g/mol. The molecule has 0 saturated heterocycles. The summed E-state index contributed by atoms with van der Waals surface area (Å²) in [6.45, 7) is 1.98. The summed E-state index contributed by atoms with van der Waals surface area (Å²) in [5.74, 6) is -0.305. The molecule has 7 heteroatoms. The summed E-state index contributed by atoms with van der Waals surface area (Å²) in [6.07, 6.45) is 1.01. The zero-order valence-corrected chi connectivity index (χ0v) is 22.9. The molecule has 39 heavy (non-hydrogen) atoms. The Hall–Kier alpha value is -4.28. The van der Waals surface area contributed by atoms with Crippen molar-refractivity contribution >= 4 is 28.3 Å². The van der Waals surface area contributed by atoms with Crippen molar-refractivity contribution in [3.63, 3.8) is 0 Å². The zero-order chi connectivity index (χ0) is 27.4. The maximum absolute atomic E-state index is 14.0. The molecule has 0 fully saturated rings. The lowest BCUT2D eigenvalue weighted by Gasteiger charge is -2.54. The predicted molar refractivity (Wildman–Crippen MR) is 152 cm³/mol. The first-order valence-corrected chi connectivity index (χ1v) is 13.8. The van der Waals surface area contributed by atoms with E-state index >= 15 is 0 Å². The van der Waals surface area contributed by atoms with Gasteiger partial charge in [0.05, 0.1) is 17.2 Å². The number of fused-ring (bicyclic) bond motifs is 1. The Kier molecular flexibility index (Phi) is 5.89. The standard InChI is InChI=1S/C32H28N4O2S/c1-31(18-32(19-33)25-10-6-4-8-23(25)27(31)24-9-5-7-11-26(24)32)29(38)35-30-34-22(17-39-30)16-20-12-14-21(15-13-20)28(37)36(2)3/h4-15,17,27H,16,18H2,1-3H3,(H,34,35,38). The summed E-state index contributed by atoms with van der Waals surface area (Å²) < 4.78 is 0. The minimum atomic E-state index is -0.873. The number of carbonyl (C=O) groups is 2. The summed E-state index contributed by atoms with van der Waals surface area (Å²) in [6, 6.07) is 26.3. The van der Waals surface area contributed by atoms with Crippen LogP contribution in [0.25, 0.3) is 0 Å². The van der Waals surface area contributed by atoms with Crippen LogP contribution in [0.2, 0.25) is 0 Å². The average Bonchev–Trinajstić information content (AvgIpc) is 3.39. The fraction of sp³-hybridized carbons (Fsp3) is 0.250. The van der Waals surface area contributed by atoms with Crippen LogP contribution in [0.1, 0.15) is 63.1 Å². The van der Waals surface area contributed by atoms with Gasteiger partial charge in [-0.15, -0.1) is 11.3 Å². The van der Waals surface area contributed by atoms with E-state index in [1.807, 2.05) is 73.0 Å². The number of nitrogens with zero attached hydrogens (tertiary/aromatic N) is 3. The van der Waals surface area contributed by atoms with Gasteiger partial charge in [-0.2, -0.15) is 5.26 Å². The first-order chi connectivity index (χ1) is 18.8. The van der Waals surface area contributed by atoms with Crippen molar-refractivity contribution < 1.29 is 9.59 Å². The highest BCUT2D eigenvalue weighted by Crippen LogP contribution is 2.63. The SMILES string of the molecule is CN(C)C(=O)c1ccc(Cc2csc(NC(=O)C3(C)CC4(C#N)c5ccccc5C3c3ccccc34)n2)cc1. The molecule has 3 aromatic carbocycles. The van der Waals surface area contributed by atoms with Gasteiger partial charge < -0.3 is 10.2 Å². The van der Waals surface area contributed by atoms with Crippen molar-refractivity contribution in [3.8, 4) is 6.07 Å². The van der Waals surface area contributed by atoms with E-state index in [0.717, 1.165) is 33.5 Å². The van der Waals surface area contributed by atoms with Crippen molar-refractivity contribution in [3.05, 3.63) is 117 Å². The number of thiazole rings is 1. The van der Waals surface area contributed by atoms with Crippen LogP contribution in [0.4, 0.5) is 5.13 Å². The van der Waals surface area contributed by atoms with E-state index in [4.69, 9.17) is 4.98 Å². The first-order valence-electron chi connectivity index (χ1n) is 12.9. The molecule has 1 N–H and O–H groups in total. The first kappa shape index (κ1) is 25.0. The molecule has 0 saturated carbocycles. The molecule has 1 unspecified atom stereocenters. The van der Waals surface area contributed by atoms with Crippen LogP contribution in [0.3, 0.4) is 0 Å². The number of aromatic nitrogens is 1. The van der Waals surface area contributed by atoms with E-state index in [0.29, 0.717) is 23.5 Å². The molecule has 6 nitrogen and oxygen atoms in total. The maximum Gasteiger partial charge on any atom is 0.253 e. The third-order valence-electron chi connectivity index (χ3n) is 8.21. The van der Waals surface area contributed by atoms with E-state index in [9.17, 15) is 14.9 Å². The van der Waals surface area contributed by atoms with E-state index in [1.165, 1.54) is 11.3 Å². The Morgan fingerprint density at radius 3 is 2.23 bits per heavy atom. The Balaban J connectivity index is 1.26. The van der Waals surface area contributed by atoms with Gasteiger partial charge in [0.1, 0.15) is 5.41 Å². The largest absolute Gasteiger partial charge is 0.345 e. The molecule has 1 heterocycles. The minimum Gasteiger partial charge on any atom is -0.345 e. The fourth-order valence-electron chi connectivity index (χ4n) is 6.41. The smallest absolute Gasteiger partial charge is 0.253 e. The summed E-state index contributed by atoms with van der Waals surface area (Å²) in [4.78, 5) is 32.4. The van der Waals surface area contributed by atoms with Crippen LogP contribution in [0.5, 0.6) is 0 Å². The Morgan fingerprint density at radius 2 is 1.64 bits per heavy atom. The molecule has 4 aromatic rings. The van der Waals surface area contributed by atoms with Gasteiger partial charge in [-0.25, -0.2) is 4.98 Å². The molecule has 1 aromatic heterocycles. The number of amides is 2. The number of benzene rings is 3. The number of rotatable bonds is 5. The lowest BCUT2D eigenvalue weighted by atomic mass is 9.47. The molecule has 194 valence electrons. The monoisotopic (exact) mass is 532 g/mol. The van der Waals surface area contributed by atoms with Crippen molar-refractivity contribution in [2.45, 2.75) is 31.1 Å². The van der Waals surface area contributed by atoms with Gasteiger partial charge in [-0.3, -0.25) is 9.59 Å². The number of hydrogen-bond acceptors (Lipinski definition) is 5. The maximum atomic E-state index is 14.0. The molecular weight excluding hydrogens is 504 g/mol. The highest BCUT2D eigenvalue weighted by Gasteiger charge is 2.61. The highest BCUT2D eigenvalue weighted by molar-refractivity contribution is 7.13. The molecule has 2 bridgehead atoms. The molecule has 3 aliphatic rings. The van der Waals surface area contributed by atoms with Crippen LogP contribution < -0.4 is 5.32 Å². The number of anilines is 1. The number of nitriles is 1. The Labute approximate surface area is 231 Å². The van der Waals surface area contributed by atoms with Crippen LogP contribution >= 0.6 is 11.3 Å². The number of nitrogens with one attached hydrogen (secondary N) is 1. The lowest BCUT2D eigenvalue weighted by molar-refractivity contribution is -0.127. The number of carbonyl (C=O) groups excluding carboxylic acids is 2. The quantitative estimate of drug-likeness (QED) is 0.355. The Morgan fingerprint density at radius 1 is 1.03 bits per heavy atom. The molecule has 0 aliphatic heterocycles. The van der Waals surface area contributed by atoms with Gasteiger partial charge >= 0.3 is 0 Å². The highest BCUT2D eigenvalue weighted by atomic mass is 32.1. The molecule has 0 spiro atoms. The summed E-state index contributed by atoms with van der Waals surface area (Å²) in [5.41, 5.74) is 4.96. The molecule has 3 aliphatic carbocycles. The van der Waals surface area contributed by atoms with Gasteiger partial charge in [0.2, 0.25) is 5.91 Å². The molecule has 0 radical (unpaired) electrons. The summed E-state index contributed by atoms with van der Waals surface area (Å²) in [7, 11) is 3.47. The fourth-order valence-corrected chi connectivity index (χ4v) is 7.11. The van der Waals surface area contributed by atoms with E-state index in [-0.39, 0.29) is 17.7 Å². The minimum absolute atomic E-state index is 0.0338. The third kappa shape index (κ3) is 3.86. The molecule has 1 atom stereocenters. The van der Waals surface area contributed by atoms with Crippen LogP contribution in [-0.2, 0) is 16.6 Å². The van der Waals surface area contributed by atoms with Crippen molar-refractivity contribution in [2.24, 2.45) is 5.41 Å². The zero-order valence-electron chi connectivity index (χ0n) is 22.1. The van der Waals surface area contributed by atoms with E-state index < -0.39 is 10.8 Å². The van der Waals surface area contributed by atoms with Crippen molar-refractivity contribution in [1.29, 1.82) is 5.26 Å². The molecule has 2 amide bonds. The van der Waals surface area contributed by atoms with Gasteiger partial charge in [-0.1, -0.05) is 60.7 Å². The van der Waals surface area contributed by atoms with Gasteiger partial charge in [0, 0.05) is 37.4 Å². The summed E-state index contributed by atoms with van der Waals surface area (Å²) in [5, 5.41) is 16.2. The Bertz CT molecular complexity index is 1600. The van der Waals surface area contributed by atoms with E-state index in [1.54, 1.807) is 19.0 Å². The summed E-state index contributed by atoms with van der Waals surface area (Å²) >= 11 is 1.40.